The van der Waals surface area contributed by atoms with Crippen molar-refractivity contribution in [3.05, 3.63) is 48.0 Å². The molecule has 0 unspecified atom stereocenters. The molecule has 0 radical (unpaired) electrons. The van der Waals surface area contributed by atoms with Crippen LogP contribution < -0.4 is 9.47 Å². The van der Waals surface area contributed by atoms with E-state index in [0.717, 1.165) is 42.5 Å². The highest BCUT2D eigenvalue weighted by Crippen LogP contribution is 2.41. The summed E-state index contributed by atoms with van der Waals surface area (Å²) in [5.41, 5.74) is 4.34. The van der Waals surface area contributed by atoms with Gasteiger partial charge in [-0.15, -0.1) is 8.78 Å². The Morgan fingerprint density at radius 3 is 2.83 bits per heavy atom. The molecule has 9 heteroatoms. The Labute approximate surface area is 164 Å². The number of nitrogens with zero attached hydrogens (tertiary/aromatic N) is 3. The first-order chi connectivity index (χ1) is 14.1. The maximum atomic E-state index is 13.2. The number of H-pyrrole nitrogens is 2. The summed E-state index contributed by atoms with van der Waals surface area (Å²) in [5.74, 6) is 0.670. The predicted molar refractivity (Wildman–Crippen MR) is 101 cm³/mol. The van der Waals surface area contributed by atoms with Gasteiger partial charge < -0.3 is 14.5 Å². The standard InChI is InChI=1S/C20H19F2N5O2/c21-20(22)28-15-2-1-12(9-16(15)29-20)10-26-7-4-13(5-8-26)17-18-14-3-6-23-19(14)24-11-27(18)25-17/h1-3,6,9,11,13,23,25H,4-5,7-8,10H2. The topological polar surface area (TPSA) is 70.6 Å². The van der Waals surface area contributed by atoms with Crippen LogP contribution in [0.5, 0.6) is 11.5 Å². The summed E-state index contributed by atoms with van der Waals surface area (Å²) < 4.78 is 37.4. The van der Waals surface area contributed by atoms with Crippen LogP contribution in [-0.2, 0) is 6.54 Å². The molecule has 0 amide bonds. The van der Waals surface area contributed by atoms with Crippen LogP contribution in [0.2, 0.25) is 0 Å². The van der Waals surface area contributed by atoms with E-state index in [0.29, 0.717) is 12.5 Å². The lowest BCUT2D eigenvalue weighted by molar-refractivity contribution is -0.286. The van der Waals surface area contributed by atoms with Crippen LogP contribution in [0.15, 0.2) is 36.8 Å². The quantitative estimate of drug-likeness (QED) is 0.549. The first-order valence-electron chi connectivity index (χ1n) is 9.69. The zero-order valence-corrected chi connectivity index (χ0v) is 15.5. The molecule has 1 aromatic carbocycles. The molecule has 6 rings (SSSR count). The number of benzene rings is 1. The lowest BCUT2D eigenvalue weighted by Crippen LogP contribution is -2.33. The van der Waals surface area contributed by atoms with E-state index in [1.54, 1.807) is 18.5 Å². The highest BCUT2D eigenvalue weighted by Gasteiger charge is 2.43. The van der Waals surface area contributed by atoms with Crippen molar-refractivity contribution < 1.29 is 18.3 Å². The van der Waals surface area contributed by atoms with Crippen LogP contribution >= 0.6 is 0 Å². The maximum absolute atomic E-state index is 13.2. The van der Waals surface area contributed by atoms with Crippen molar-refractivity contribution in [2.75, 3.05) is 13.1 Å². The third-order valence-corrected chi connectivity index (χ3v) is 5.89. The summed E-state index contributed by atoms with van der Waals surface area (Å²) >= 11 is 0. The highest BCUT2D eigenvalue weighted by atomic mass is 19.3. The van der Waals surface area contributed by atoms with Crippen molar-refractivity contribution in [3.63, 3.8) is 0 Å². The van der Waals surface area contributed by atoms with E-state index >= 15 is 0 Å². The van der Waals surface area contributed by atoms with E-state index in [9.17, 15) is 8.78 Å². The molecule has 2 aliphatic heterocycles. The van der Waals surface area contributed by atoms with Gasteiger partial charge in [0.15, 0.2) is 11.5 Å². The maximum Gasteiger partial charge on any atom is 0.586 e. The molecule has 7 nitrogen and oxygen atoms in total. The van der Waals surface area contributed by atoms with Gasteiger partial charge in [-0.3, -0.25) is 10.00 Å². The number of halogens is 2. The molecular formula is C20H19F2N5O2. The third-order valence-electron chi connectivity index (χ3n) is 5.89. The third kappa shape index (κ3) is 2.76. The number of likely N-dealkylation sites (tertiary alicyclic amines) is 1. The first-order valence-corrected chi connectivity index (χ1v) is 9.69. The van der Waals surface area contributed by atoms with Crippen molar-refractivity contribution in [2.24, 2.45) is 0 Å². The molecule has 0 atom stereocenters. The number of ether oxygens (including phenoxy) is 2. The number of hydrogen-bond acceptors (Lipinski definition) is 4. The second-order valence-corrected chi connectivity index (χ2v) is 7.73. The highest BCUT2D eigenvalue weighted by molar-refractivity contribution is 5.93. The van der Waals surface area contributed by atoms with Crippen molar-refractivity contribution >= 4 is 16.6 Å². The van der Waals surface area contributed by atoms with Crippen LogP contribution in [0.3, 0.4) is 0 Å². The fourth-order valence-corrected chi connectivity index (χ4v) is 4.47. The summed E-state index contributed by atoms with van der Waals surface area (Å²) in [5, 5.41) is 4.55. The lowest BCUT2D eigenvalue weighted by Gasteiger charge is -2.33. The zero-order chi connectivity index (χ0) is 19.6. The van der Waals surface area contributed by atoms with Crippen LogP contribution in [0.4, 0.5) is 8.78 Å². The van der Waals surface area contributed by atoms with Crippen molar-refractivity contribution in [1.82, 2.24) is 24.5 Å². The van der Waals surface area contributed by atoms with E-state index in [4.69, 9.17) is 0 Å². The van der Waals surface area contributed by atoms with Gasteiger partial charge in [0.2, 0.25) is 0 Å². The number of alkyl halides is 2. The summed E-state index contributed by atoms with van der Waals surface area (Å²) in [6.45, 7) is 2.60. The Kier molecular flexibility index (Phi) is 3.46. The Morgan fingerprint density at radius 2 is 1.97 bits per heavy atom. The molecule has 29 heavy (non-hydrogen) atoms. The molecule has 0 bridgehead atoms. The molecule has 2 N–H and O–H groups in total. The number of rotatable bonds is 3. The van der Waals surface area contributed by atoms with E-state index in [1.807, 2.05) is 16.8 Å². The van der Waals surface area contributed by atoms with Crippen molar-refractivity contribution in [3.8, 4) is 11.5 Å². The monoisotopic (exact) mass is 399 g/mol. The zero-order valence-electron chi connectivity index (χ0n) is 15.5. The number of piperidine rings is 1. The average Bonchev–Trinajstić information content (AvgIpc) is 3.24. The molecule has 4 aromatic rings. The smallest absolute Gasteiger partial charge is 0.395 e. The fraction of sp³-hybridized carbons (Fsp3) is 0.350. The van der Waals surface area contributed by atoms with Gasteiger partial charge in [0, 0.05) is 24.0 Å². The molecule has 2 aliphatic rings. The average molecular weight is 399 g/mol. The minimum atomic E-state index is -3.57. The number of hydrogen-bond donors (Lipinski definition) is 2. The van der Waals surface area contributed by atoms with Gasteiger partial charge in [-0.25, -0.2) is 9.50 Å². The Balaban J connectivity index is 1.14. The Morgan fingerprint density at radius 1 is 1.14 bits per heavy atom. The summed E-state index contributed by atoms with van der Waals surface area (Å²) in [7, 11) is 0. The SMILES string of the molecule is FC1(F)Oc2ccc(CN3CCC(c4[nH]n5cnc6[nH]ccc6c45)CC3)cc2O1. The van der Waals surface area contributed by atoms with Gasteiger partial charge in [-0.05, 0) is 49.7 Å². The predicted octanol–water partition coefficient (Wildman–Crippen LogP) is 3.84. The Bertz CT molecular complexity index is 1200. The van der Waals surface area contributed by atoms with Crippen LogP contribution in [0, 0.1) is 0 Å². The normalized spacial score (nSPS) is 19.5. The molecule has 3 aromatic heterocycles. The second-order valence-electron chi connectivity index (χ2n) is 7.73. The number of nitrogens with one attached hydrogen (secondary N) is 2. The van der Waals surface area contributed by atoms with Gasteiger partial charge in [-0.2, -0.15) is 0 Å². The fourth-order valence-electron chi connectivity index (χ4n) is 4.47. The summed E-state index contributed by atoms with van der Waals surface area (Å²) in [6.07, 6.45) is 2.23. The molecule has 0 aliphatic carbocycles. The minimum Gasteiger partial charge on any atom is -0.395 e. The molecule has 1 fully saturated rings. The molecule has 0 spiro atoms. The molecule has 1 saturated heterocycles. The second kappa shape index (κ2) is 5.96. The minimum absolute atomic E-state index is 0.0895. The summed E-state index contributed by atoms with van der Waals surface area (Å²) in [4.78, 5) is 9.89. The molecular weight excluding hydrogens is 380 g/mol. The van der Waals surface area contributed by atoms with Crippen LogP contribution in [0.1, 0.15) is 30.0 Å². The van der Waals surface area contributed by atoms with E-state index in [-0.39, 0.29) is 11.5 Å². The van der Waals surface area contributed by atoms with E-state index < -0.39 is 6.29 Å². The van der Waals surface area contributed by atoms with Crippen LogP contribution in [0.25, 0.3) is 16.6 Å². The molecule has 5 heterocycles. The first kappa shape index (κ1) is 16.8. The van der Waals surface area contributed by atoms with Crippen molar-refractivity contribution in [2.45, 2.75) is 31.6 Å². The number of fused-ring (bicyclic) bond motifs is 4. The van der Waals surface area contributed by atoms with Gasteiger partial charge in [0.1, 0.15) is 12.0 Å². The molecule has 0 saturated carbocycles. The van der Waals surface area contributed by atoms with Gasteiger partial charge in [0.25, 0.3) is 0 Å². The van der Waals surface area contributed by atoms with Gasteiger partial charge in [-0.1, -0.05) is 6.07 Å². The number of aromatic nitrogens is 4. The number of aromatic amines is 2. The van der Waals surface area contributed by atoms with Gasteiger partial charge in [0.05, 0.1) is 11.2 Å². The lowest BCUT2D eigenvalue weighted by atomic mass is 9.91. The Hall–Kier alpha value is -3.07. The van der Waals surface area contributed by atoms with Gasteiger partial charge >= 0.3 is 6.29 Å². The van der Waals surface area contributed by atoms with Crippen LogP contribution in [-0.4, -0.2) is 43.9 Å². The molecule has 150 valence electrons. The van der Waals surface area contributed by atoms with E-state index in [2.05, 4.69) is 35.5 Å². The van der Waals surface area contributed by atoms with E-state index in [1.165, 1.54) is 11.2 Å². The van der Waals surface area contributed by atoms with Crippen molar-refractivity contribution in [1.29, 1.82) is 0 Å². The largest absolute Gasteiger partial charge is 0.586 e. The summed E-state index contributed by atoms with van der Waals surface area (Å²) in [6, 6.07) is 7.08.